The minimum absolute atomic E-state index is 0.191. The van der Waals surface area contributed by atoms with Gasteiger partial charge in [0.15, 0.2) is 0 Å². The van der Waals surface area contributed by atoms with E-state index in [2.05, 4.69) is 15.6 Å². The third kappa shape index (κ3) is 4.51. The number of aromatic nitrogens is 1. The minimum Gasteiger partial charge on any atom is -0.348 e. The molecule has 0 aliphatic rings. The molecular weight excluding hydrogens is 314 g/mol. The Bertz CT molecular complexity index is 864. The number of nitrogens with one attached hydrogen (secondary N) is 2. The van der Waals surface area contributed by atoms with Crippen LogP contribution in [0.2, 0.25) is 0 Å². The van der Waals surface area contributed by atoms with E-state index in [-0.39, 0.29) is 17.5 Å². The molecule has 5 heteroatoms. The van der Waals surface area contributed by atoms with Crippen LogP contribution in [-0.4, -0.2) is 16.8 Å². The lowest BCUT2D eigenvalue weighted by atomic mass is 10.2. The average Bonchev–Trinajstić information content (AvgIpc) is 2.68. The highest BCUT2D eigenvalue weighted by Crippen LogP contribution is 2.09. The van der Waals surface area contributed by atoms with Gasteiger partial charge >= 0.3 is 0 Å². The summed E-state index contributed by atoms with van der Waals surface area (Å²) in [5.41, 5.74) is 2.26. The van der Waals surface area contributed by atoms with Crippen molar-refractivity contribution in [3.63, 3.8) is 0 Å². The number of carbonyl (C=O) groups excluding carboxylic acids is 2. The van der Waals surface area contributed by atoms with Crippen molar-refractivity contribution in [2.24, 2.45) is 0 Å². The highest BCUT2D eigenvalue weighted by atomic mass is 16.2. The second kappa shape index (κ2) is 7.88. The third-order valence-electron chi connectivity index (χ3n) is 3.58. The summed E-state index contributed by atoms with van der Waals surface area (Å²) in [6.07, 6.45) is 1.46. The zero-order chi connectivity index (χ0) is 17.5. The Kier molecular flexibility index (Phi) is 5.16. The van der Waals surface area contributed by atoms with Crippen LogP contribution in [0.25, 0.3) is 0 Å². The molecule has 0 radical (unpaired) electrons. The molecule has 0 bridgehead atoms. The van der Waals surface area contributed by atoms with Gasteiger partial charge in [0.25, 0.3) is 11.8 Å². The van der Waals surface area contributed by atoms with E-state index in [1.807, 2.05) is 48.5 Å². The number of carbonyl (C=O) groups is 2. The van der Waals surface area contributed by atoms with Crippen LogP contribution < -0.4 is 10.6 Å². The van der Waals surface area contributed by atoms with E-state index in [1.54, 1.807) is 18.2 Å². The molecule has 0 saturated carbocycles. The first-order chi connectivity index (χ1) is 12.2. The predicted octanol–water partition coefficient (Wildman–Crippen LogP) is 3.26. The number of pyridine rings is 1. The van der Waals surface area contributed by atoms with E-state index < -0.39 is 0 Å². The van der Waals surface area contributed by atoms with Crippen LogP contribution in [-0.2, 0) is 6.54 Å². The first-order valence-electron chi connectivity index (χ1n) is 7.87. The largest absolute Gasteiger partial charge is 0.348 e. The van der Waals surface area contributed by atoms with Crippen LogP contribution in [0.4, 0.5) is 5.69 Å². The van der Waals surface area contributed by atoms with E-state index in [0.717, 1.165) is 5.56 Å². The molecule has 0 aliphatic heterocycles. The van der Waals surface area contributed by atoms with Gasteiger partial charge in [0.2, 0.25) is 0 Å². The number of nitrogens with zero attached hydrogens (tertiary/aromatic N) is 1. The molecule has 0 aliphatic carbocycles. The van der Waals surface area contributed by atoms with Crippen LogP contribution in [0.5, 0.6) is 0 Å². The fourth-order valence-corrected chi connectivity index (χ4v) is 2.29. The van der Waals surface area contributed by atoms with Crippen molar-refractivity contribution in [2.45, 2.75) is 6.54 Å². The van der Waals surface area contributed by atoms with Crippen molar-refractivity contribution < 1.29 is 9.59 Å². The quantitative estimate of drug-likeness (QED) is 0.754. The summed E-state index contributed by atoms with van der Waals surface area (Å²) in [4.78, 5) is 28.6. The highest BCUT2D eigenvalue weighted by molar-refractivity contribution is 6.04. The summed E-state index contributed by atoms with van der Waals surface area (Å²) in [6, 6.07) is 21.8. The summed E-state index contributed by atoms with van der Waals surface area (Å²) in [6.45, 7) is 0.424. The molecule has 1 aromatic heterocycles. The maximum absolute atomic E-state index is 12.3. The Morgan fingerprint density at radius 1 is 0.840 bits per heavy atom. The van der Waals surface area contributed by atoms with Gasteiger partial charge in [0.05, 0.1) is 0 Å². The van der Waals surface area contributed by atoms with Gasteiger partial charge in [-0.15, -0.1) is 0 Å². The van der Waals surface area contributed by atoms with Crippen molar-refractivity contribution >= 4 is 17.5 Å². The van der Waals surface area contributed by atoms with E-state index >= 15 is 0 Å². The number of anilines is 1. The van der Waals surface area contributed by atoms with Gasteiger partial charge in [-0.3, -0.25) is 14.6 Å². The molecule has 0 saturated heterocycles. The first-order valence-corrected chi connectivity index (χ1v) is 7.87. The molecule has 3 rings (SSSR count). The summed E-state index contributed by atoms with van der Waals surface area (Å²) in [5, 5.41) is 5.58. The van der Waals surface area contributed by atoms with E-state index in [0.29, 0.717) is 17.8 Å². The standard InChI is InChI=1S/C20H17N3O2/c24-19(22-14-15-7-3-1-4-8-15)16-11-12-21-18(13-16)20(25)23-17-9-5-2-6-10-17/h1-13H,14H2,(H,22,24)(H,23,25). The topological polar surface area (TPSA) is 71.1 Å². The van der Waals surface area contributed by atoms with Crippen LogP contribution in [0, 0.1) is 0 Å². The van der Waals surface area contributed by atoms with Crippen molar-refractivity contribution in [1.82, 2.24) is 10.3 Å². The third-order valence-corrected chi connectivity index (χ3v) is 3.58. The summed E-state index contributed by atoms with van der Waals surface area (Å²) in [7, 11) is 0. The Morgan fingerprint density at radius 3 is 2.24 bits per heavy atom. The first kappa shape index (κ1) is 16.4. The van der Waals surface area contributed by atoms with Gasteiger partial charge in [0.1, 0.15) is 5.69 Å². The lowest BCUT2D eigenvalue weighted by Gasteiger charge is -2.07. The number of amides is 2. The summed E-state index contributed by atoms with van der Waals surface area (Å²) < 4.78 is 0. The second-order valence-electron chi connectivity index (χ2n) is 5.42. The maximum Gasteiger partial charge on any atom is 0.274 e. The summed E-state index contributed by atoms with van der Waals surface area (Å²) in [5.74, 6) is -0.607. The van der Waals surface area contributed by atoms with Crippen LogP contribution in [0.1, 0.15) is 26.4 Å². The molecular formula is C20H17N3O2. The fraction of sp³-hybridized carbons (Fsp3) is 0.0500. The number of rotatable bonds is 5. The molecule has 0 unspecified atom stereocenters. The predicted molar refractivity (Wildman–Crippen MR) is 96.2 cm³/mol. The number of hydrogen-bond donors (Lipinski definition) is 2. The van der Waals surface area contributed by atoms with Crippen LogP contribution in [0.3, 0.4) is 0 Å². The molecule has 5 nitrogen and oxygen atoms in total. The molecule has 2 amide bonds. The smallest absolute Gasteiger partial charge is 0.274 e. The number of para-hydroxylation sites is 1. The van der Waals surface area contributed by atoms with E-state index in [9.17, 15) is 9.59 Å². The minimum atomic E-state index is -0.357. The SMILES string of the molecule is O=C(NCc1ccccc1)c1ccnc(C(=O)Nc2ccccc2)c1. The van der Waals surface area contributed by atoms with Gasteiger partial charge < -0.3 is 10.6 Å². The molecule has 1 heterocycles. The lowest BCUT2D eigenvalue weighted by Crippen LogP contribution is -2.23. The van der Waals surface area contributed by atoms with Crippen molar-refractivity contribution in [1.29, 1.82) is 0 Å². The fourth-order valence-electron chi connectivity index (χ4n) is 2.29. The Balaban J connectivity index is 1.66. The number of benzene rings is 2. The molecule has 2 N–H and O–H groups in total. The van der Waals surface area contributed by atoms with E-state index in [1.165, 1.54) is 12.3 Å². The zero-order valence-electron chi connectivity index (χ0n) is 13.5. The number of hydrogen-bond acceptors (Lipinski definition) is 3. The molecule has 2 aromatic carbocycles. The zero-order valence-corrected chi connectivity index (χ0v) is 13.5. The Hall–Kier alpha value is -3.47. The summed E-state index contributed by atoms with van der Waals surface area (Å²) >= 11 is 0. The molecule has 3 aromatic rings. The molecule has 124 valence electrons. The second-order valence-corrected chi connectivity index (χ2v) is 5.42. The van der Waals surface area contributed by atoms with Gasteiger partial charge in [-0.2, -0.15) is 0 Å². The lowest BCUT2D eigenvalue weighted by molar-refractivity contribution is 0.0951. The molecule has 25 heavy (non-hydrogen) atoms. The monoisotopic (exact) mass is 331 g/mol. The average molecular weight is 331 g/mol. The van der Waals surface area contributed by atoms with Gasteiger partial charge in [-0.25, -0.2) is 0 Å². The van der Waals surface area contributed by atoms with Gasteiger partial charge in [-0.1, -0.05) is 48.5 Å². The van der Waals surface area contributed by atoms with E-state index in [4.69, 9.17) is 0 Å². The van der Waals surface area contributed by atoms with Gasteiger partial charge in [0, 0.05) is 24.0 Å². The maximum atomic E-state index is 12.3. The molecule has 0 fully saturated rings. The Morgan fingerprint density at radius 2 is 1.52 bits per heavy atom. The van der Waals surface area contributed by atoms with Gasteiger partial charge in [-0.05, 0) is 29.8 Å². The van der Waals surface area contributed by atoms with Crippen molar-refractivity contribution in [2.75, 3.05) is 5.32 Å². The molecule has 0 spiro atoms. The molecule has 0 atom stereocenters. The van der Waals surface area contributed by atoms with Crippen molar-refractivity contribution in [3.05, 3.63) is 95.8 Å². The highest BCUT2D eigenvalue weighted by Gasteiger charge is 2.12. The van der Waals surface area contributed by atoms with Crippen molar-refractivity contribution in [3.8, 4) is 0 Å². The Labute approximate surface area is 145 Å². The normalized spacial score (nSPS) is 10.1. The van der Waals surface area contributed by atoms with Crippen LogP contribution >= 0.6 is 0 Å². The van der Waals surface area contributed by atoms with Crippen LogP contribution in [0.15, 0.2) is 79.0 Å².